The van der Waals surface area contributed by atoms with Crippen LogP contribution in [0.15, 0.2) is 30.3 Å². The Morgan fingerprint density at radius 2 is 1.96 bits per heavy atom. The van der Waals surface area contributed by atoms with Crippen LogP contribution in [0.2, 0.25) is 0 Å². The van der Waals surface area contributed by atoms with Crippen LogP contribution < -0.4 is 5.32 Å². The Bertz CT molecular complexity index is 501. The molecule has 0 bridgehead atoms. The van der Waals surface area contributed by atoms with Crippen LogP contribution in [0.3, 0.4) is 0 Å². The van der Waals surface area contributed by atoms with E-state index < -0.39 is 0 Å². The van der Waals surface area contributed by atoms with Gasteiger partial charge in [-0.3, -0.25) is 0 Å². The Hall–Kier alpha value is -1.55. The van der Waals surface area contributed by atoms with Crippen LogP contribution in [-0.2, 0) is 11.3 Å². The normalized spacial score (nSPS) is 20.3. The average Bonchev–Trinajstić information content (AvgIpc) is 2.57. The second kappa shape index (κ2) is 7.35. The van der Waals surface area contributed by atoms with Gasteiger partial charge in [-0.2, -0.15) is 0 Å². The molecule has 3 rings (SSSR count). The number of piperidine rings is 1. The lowest BCUT2D eigenvalue weighted by Crippen LogP contribution is -2.49. The molecule has 1 N–H and O–H groups in total. The van der Waals surface area contributed by atoms with Crippen LogP contribution in [0.25, 0.3) is 0 Å². The zero-order valence-electron chi connectivity index (χ0n) is 14.1. The Balaban J connectivity index is 1.38. The first kappa shape index (κ1) is 16.3. The minimum absolute atomic E-state index is 0.158. The fourth-order valence-corrected chi connectivity index (χ4v) is 4.10. The van der Waals surface area contributed by atoms with E-state index in [9.17, 15) is 4.79 Å². The molecule has 0 atom stereocenters. The lowest BCUT2D eigenvalue weighted by atomic mass is 9.57. The van der Waals surface area contributed by atoms with Gasteiger partial charge in [-0.1, -0.05) is 30.3 Å². The van der Waals surface area contributed by atoms with Crippen molar-refractivity contribution in [3.63, 3.8) is 0 Å². The van der Waals surface area contributed by atoms with Crippen molar-refractivity contribution in [1.82, 2.24) is 10.2 Å². The lowest BCUT2D eigenvalue weighted by Gasteiger charge is -2.52. The molecule has 23 heavy (non-hydrogen) atoms. The summed E-state index contributed by atoms with van der Waals surface area (Å²) in [5.74, 6) is 0.888. The van der Waals surface area contributed by atoms with Crippen molar-refractivity contribution < 1.29 is 9.53 Å². The van der Waals surface area contributed by atoms with Gasteiger partial charge in [-0.15, -0.1) is 0 Å². The molecule has 1 aromatic rings. The van der Waals surface area contributed by atoms with Crippen molar-refractivity contribution in [1.29, 1.82) is 0 Å². The Kier molecular flexibility index (Phi) is 5.21. The molecular weight excluding hydrogens is 288 g/mol. The van der Waals surface area contributed by atoms with Gasteiger partial charge in [-0.25, -0.2) is 4.79 Å². The number of hydrogen-bond acceptors (Lipinski definition) is 3. The first-order valence-electron chi connectivity index (χ1n) is 8.81. The van der Waals surface area contributed by atoms with Crippen LogP contribution in [0.4, 0.5) is 4.79 Å². The molecule has 0 unspecified atom stereocenters. The highest BCUT2D eigenvalue weighted by Crippen LogP contribution is 2.53. The fourth-order valence-electron chi connectivity index (χ4n) is 4.10. The first-order chi connectivity index (χ1) is 11.2. The van der Waals surface area contributed by atoms with Gasteiger partial charge in [0.25, 0.3) is 0 Å². The number of amides is 1. The number of carbonyl (C=O) groups is 1. The second-order valence-corrected chi connectivity index (χ2v) is 7.19. The van der Waals surface area contributed by atoms with Gasteiger partial charge in [0.15, 0.2) is 0 Å². The quantitative estimate of drug-likeness (QED) is 0.905. The van der Waals surface area contributed by atoms with Crippen molar-refractivity contribution in [2.45, 2.75) is 38.7 Å². The summed E-state index contributed by atoms with van der Waals surface area (Å²) >= 11 is 0. The van der Waals surface area contributed by atoms with Crippen molar-refractivity contribution in [2.75, 3.05) is 26.7 Å². The van der Waals surface area contributed by atoms with Gasteiger partial charge < -0.3 is 15.0 Å². The van der Waals surface area contributed by atoms with Gasteiger partial charge in [0, 0.05) is 13.1 Å². The molecule has 1 spiro atoms. The highest BCUT2D eigenvalue weighted by atomic mass is 16.6. The van der Waals surface area contributed by atoms with E-state index in [1.807, 2.05) is 42.3 Å². The van der Waals surface area contributed by atoms with E-state index in [1.165, 1.54) is 19.3 Å². The minimum Gasteiger partial charge on any atom is -0.445 e. The van der Waals surface area contributed by atoms with Crippen LogP contribution >= 0.6 is 0 Å². The maximum Gasteiger partial charge on any atom is 0.410 e. The topological polar surface area (TPSA) is 41.6 Å². The number of nitrogens with zero attached hydrogens (tertiary/aromatic N) is 1. The standard InChI is InChI=1S/C19H28N2O2/c1-20-10-7-17-13-19(14-17)8-11-21(12-9-19)18(22)23-15-16-5-3-2-4-6-16/h2-6,17,20H,7-15H2,1H3. The summed E-state index contributed by atoms with van der Waals surface area (Å²) in [7, 11) is 2.02. The average molecular weight is 316 g/mol. The molecule has 2 aliphatic rings. The van der Waals surface area contributed by atoms with E-state index >= 15 is 0 Å². The smallest absolute Gasteiger partial charge is 0.410 e. The Morgan fingerprint density at radius 3 is 2.61 bits per heavy atom. The number of likely N-dealkylation sites (tertiary alicyclic amines) is 1. The third kappa shape index (κ3) is 4.05. The maximum absolute atomic E-state index is 12.2. The number of rotatable bonds is 5. The zero-order valence-corrected chi connectivity index (χ0v) is 14.1. The summed E-state index contributed by atoms with van der Waals surface area (Å²) < 4.78 is 5.44. The number of ether oxygens (including phenoxy) is 1. The monoisotopic (exact) mass is 316 g/mol. The largest absolute Gasteiger partial charge is 0.445 e. The molecule has 1 aliphatic heterocycles. The Morgan fingerprint density at radius 1 is 1.26 bits per heavy atom. The molecule has 2 fully saturated rings. The molecule has 1 saturated carbocycles. The third-order valence-electron chi connectivity index (χ3n) is 5.53. The lowest BCUT2D eigenvalue weighted by molar-refractivity contribution is -0.0163. The first-order valence-corrected chi connectivity index (χ1v) is 8.81. The van der Waals surface area contributed by atoms with E-state index in [1.54, 1.807) is 0 Å². The Labute approximate surface area is 139 Å². The van der Waals surface area contributed by atoms with E-state index in [4.69, 9.17) is 4.74 Å². The van der Waals surface area contributed by atoms with Crippen LogP contribution in [0.5, 0.6) is 0 Å². The summed E-state index contributed by atoms with van der Waals surface area (Å²) in [5, 5.41) is 3.24. The maximum atomic E-state index is 12.2. The third-order valence-corrected chi connectivity index (χ3v) is 5.53. The number of carbonyl (C=O) groups excluding carboxylic acids is 1. The molecule has 126 valence electrons. The fraction of sp³-hybridized carbons (Fsp3) is 0.632. The molecule has 1 aromatic carbocycles. The number of nitrogens with one attached hydrogen (secondary N) is 1. The van der Waals surface area contributed by atoms with E-state index in [0.29, 0.717) is 12.0 Å². The van der Waals surface area contributed by atoms with Crippen molar-refractivity contribution >= 4 is 6.09 Å². The highest BCUT2D eigenvalue weighted by Gasteiger charge is 2.45. The van der Waals surface area contributed by atoms with Crippen molar-refractivity contribution in [3.05, 3.63) is 35.9 Å². The van der Waals surface area contributed by atoms with E-state index in [2.05, 4.69) is 5.32 Å². The zero-order chi connectivity index (χ0) is 16.1. The van der Waals surface area contributed by atoms with Gasteiger partial charge in [0.2, 0.25) is 0 Å². The second-order valence-electron chi connectivity index (χ2n) is 7.19. The van der Waals surface area contributed by atoms with Crippen LogP contribution in [-0.4, -0.2) is 37.7 Å². The van der Waals surface area contributed by atoms with Gasteiger partial charge in [0.1, 0.15) is 6.61 Å². The summed E-state index contributed by atoms with van der Waals surface area (Å²) in [4.78, 5) is 14.1. The minimum atomic E-state index is -0.158. The van der Waals surface area contributed by atoms with E-state index in [0.717, 1.165) is 44.0 Å². The van der Waals surface area contributed by atoms with Crippen LogP contribution in [0, 0.1) is 11.3 Å². The molecule has 1 amide bonds. The van der Waals surface area contributed by atoms with Gasteiger partial charge in [0.05, 0.1) is 0 Å². The predicted octanol–water partition coefficient (Wildman–Crippen LogP) is 3.42. The highest BCUT2D eigenvalue weighted by molar-refractivity contribution is 5.67. The summed E-state index contributed by atoms with van der Waals surface area (Å²) in [6, 6.07) is 9.87. The van der Waals surface area contributed by atoms with Crippen molar-refractivity contribution in [3.8, 4) is 0 Å². The summed E-state index contributed by atoms with van der Waals surface area (Å²) in [6.07, 6.45) is 6.12. The molecule has 1 saturated heterocycles. The molecule has 1 heterocycles. The molecule has 0 radical (unpaired) electrons. The van der Waals surface area contributed by atoms with Crippen LogP contribution in [0.1, 0.15) is 37.7 Å². The van der Waals surface area contributed by atoms with Gasteiger partial charge >= 0.3 is 6.09 Å². The molecular formula is C19H28N2O2. The molecule has 4 nitrogen and oxygen atoms in total. The number of hydrogen-bond donors (Lipinski definition) is 1. The molecule has 1 aliphatic carbocycles. The predicted molar refractivity (Wildman–Crippen MR) is 91.1 cm³/mol. The molecule has 0 aromatic heterocycles. The SMILES string of the molecule is CNCCC1CC2(CCN(C(=O)OCc3ccccc3)CC2)C1. The summed E-state index contributed by atoms with van der Waals surface area (Å²) in [6.45, 7) is 3.20. The van der Waals surface area contributed by atoms with Gasteiger partial charge in [-0.05, 0) is 62.6 Å². The summed E-state index contributed by atoms with van der Waals surface area (Å²) in [5.41, 5.74) is 1.56. The molecule has 4 heteroatoms. The number of benzene rings is 1. The van der Waals surface area contributed by atoms with E-state index in [-0.39, 0.29) is 6.09 Å². The van der Waals surface area contributed by atoms with Crippen molar-refractivity contribution in [2.24, 2.45) is 11.3 Å².